The maximum Gasteiger partial charge on any atom is 0.0951 e. The third-order valence-corrected chi connectivity index (χ3v) is 2.69. The summed E-state index contributed by atoms with van der Waals surface area (Å²) in [5.41, 5.74) is 8.03. The summed E-state index contributed by atoms with van der Waals surface area (Å²) in [6.45, 7) is 2.70. The molecular weight excluding hydrogens is 222 g/mol. The van der Waals surface area contributed by atoms with Crippen LogP contribution < -0.4 is 5.73 Å². The third-order valence-electron chi connectivity index (χ3n) is 2.45. The Morgan fingerprint density at radius 1 is 1.50 bits per heavy atom. The van der Waals surface area contributed by atoms with Gasteiger partial charge in [0.1, 0.15) is 0 Å². The maximum atomic E-state index is 5.94. The van der Waals surface area contributed by atoms with Crippen LogP contribution in [0.5, 0.6) is 0 Å². The average Bonchev–Trinajstić information content (AvgIpc) is 2.66. The van der Waals surface area contributed by atoms with Gasteiger partial charge >= 0.3 is 0 Å². The van der Waals surface area contributed by atoms with E-state index in [1.165, 1.54) is 0 Å². The molecular formula is C12H14ClN3. The summed E-state index contributed by atoms with van der Waals surface area (Å²) < 4.78 is 2.04. The molecule has 16 heavy (non-hydrogen) atoms. The van der Waals surface area contributed by atoms with Gasteiger partial charge in [0.25, 0.3) is 0 Å². The molecule has 0 spiro atoms. The van der Waals surface area contributed by atoms with Crippen LogP contribution in [-0.4, -0.2) is 9.55 Å². The maximum absolute atomic E-state index is 5.94. The van der Waals surface area contributed by atoms with Crippen LogP contribution in [0.25, 0.3) is 0 Å². The highest BCUT2D eigenvalue weighted by molar-refractivity contribution is 6.30. The summed E-state index contributed by atoms with van der Waals surface area (Å²) in [5.74, 6) is 0. The molecule has 84 valence electrons. The van der Waals surface area contributed by atoms with E-state index in [9.17, 15) is 0 Å². The molecule has 1 aromatic heterocycles. The zero-order chi connectivity index (χ0) is 11.5. The summed E-state index contributed by atoms with van der Waals surface area (Å²) in [5, 5.41) is 0.750. The van der Waals surface area contributed by atoms with E-state index >= 15 is 0 Å². The van der Waals surface area contributed by atoms with E-state index in [1.54, 1.807) is 12.5 Å². The van der Waals surface area contributed by atoms with Crippen molar-refractivity contribution in [2.45, 2.75) is 19.5 Å². The number of rotatable bonds is 3. The van der Waals surface area contributed by atoms with Crippen LogP contribution >= 0.6 is 11.6 Å². The van der Waals surface area contributed by atoms with Gasteiger partial charge in [-0.1, -0.05) is 23.7 Å². The lowest BCUT2D eigenvalue weighted by Gasteiger charge is -2.10. The fourth-order valence-electron chi connectivity index (χ4n) is 1.67. The van der Waals surface area contributed by atoms with Gasteiger partial charge in [0.2, 0.25) is 0 Å². The quantitative estimate of drug-likeness (QED) is 0.889. The standard InChI is InChI=1S/C12H14ClN3/c1-9(14)12-6-15-8-16(12)7-10-3-2-4-11(13)5-10/h2-6,8-9H,7,14H2,1H3/t9-/m0/s1. The molecule has 0 fully saturated rings. The van der Waals surface area contributed by atoms with Crippen LogP contribution in [-0.2, 0) is 6.54 Å². The smallest absolute Gasteiger partial charge is 0.0951 e. The molecule has 0 bridgehead atoms. The minimum atomic E-state index is -0.0123. The topological polar surface area (TPSA) is 43.8 Å². The molecule has 0 unspecified atom stereocenters. The number of halogens is 1. The molecule has 1 aromatic carbocycles. The highest BCUT2D eigenvalue weighted by Gasteiger charge is 2.06. The molecule has 0 radical (unpaired) electrons. The van der Waals surface area contributed by atoms with Gasteiger partial charge in [0, 0.05) is 23.8 Å². The highest BCUT2D eigenvalue weighted by atomic mass is 35.5. The van der Waals surface area contributed by atoms with Gasteiger partial charge in [0.15, 0.2) is 0 Å². The Hall–Kier alpha value is -1.32. The lowest BCUT2D eigenvalue weighted by molar-refractivity contribution is 0.674. The predicted octanol–water partition coefficient (Wildman–Crippen LogP) is 2.60. The van der Waals surface area contributed by atoms with Crippen molar-refractivity contribution in [3.8, 4) is 0 Å². The first-order valence-electron chi connectivity index (χ1n) is 5.17. The summed E-state index contributed by atoms with van der Waals surface area (Å²) >= 11 is 5.94. The van der Waals surface area contributed by atoms with Gasteiger partial charge in [-0.05, 0) is 24.6 Å². The van der Waals surface area contributed by atoms with Gasteiger partial charge in [-0.2, -0.15) is 0 Å². The molecule has 3 nitrogen and oxygen atoms in total. The van der Waals surface area contributed by atoms with E-state index in [0.717, 1.165) is 22.8 Å². The number of aromatic nitrogens is 2. The second-order valence-electron chi connectivity index (χ2n) is 3.87. The Labute approximate surface area is 99.9 Å². The van der Waals surface area contributed by atoms with Gasteiger partial charge in [-0.15, -0.1) is 0 Å². The lowest BCUT2D eigenvalue weighted by Crippen LogP contribution is -2.12. The van der Waals surface area contributed by atoms with Crippen molar-refractivity contribution >= 4 is 11.6 Å². The summed E-state index contributed by atoms with van der Waals surface area (Å²) in [6, 6.07) is 7.79. The van der Waals surface area contributed by atoms with Crippen molar-refractivity contribution < 1.29 is 0 Å². The Bertz CT molecular complexity index is 477. The molecule has 1 heterocycles. The van der Waals surface area contributed by atoms with Crippen molar-refractivity contribution in [3.05, 3.63) is 53.1 Å². The number of nitrogens with zero attached hydrogens (tertiary/aromatic N) is 2. The summed E-state index contributed by atoms with van der Waals surface area (Å²) in [6.07, 6.45) is 3.59. The fraction of sp³-hybridized carbons (Fsp3) is 0.250. The van der Waals surface area contributed by atoms with Crippen molar-refractivity contribution in [1.29, 1.82) is 0 Å². The van der Waals surface area contributed by atoms with E-state index in [0.29, 0.717) is 0 Å². The third kappa shape index (κ3) is 2.43. The zero-order valence-electron chi connectivity index (χ0n) is 9.10. The second-order valence-corrected chi connectivity index (χ2v) is 4.30. The molecule has 4 heteroatoms. The van der Waals surface area contributed by atoms with Crippen LogP contribution in [0.3, 0.4) is 0 Å². The lowest BCUT2D eigenvalue weighted by atomic mass is 10.2. The molecule has 0 saturated heterocycles. The van der Waals surface area contributed by atoms with Crippen LogP contribution in [0, 0.1) is 0 Å². The van der Waals surface area contributed by atoms with E-state index < -0.39 is 0 Å². The van der Waals surface area contributed by atoms with Crippen LogP contribution in [0.1, 0.15) is 24.2 Å². The van der Waals surface area contributed by atoms with Crippen molar-refractivity contribution in [2.24, 2.45) is 5.73 Å². The molecule has 0 aliphatic rings. The number of benzene rings is 1. The number of imidazole rings is 1. The summed E-state index contributed by atoms with van der Waals surface area (Å²) in [7, 11) is 0. The number of hydrogen-bond donors (Lipinski definition) is 1. The SMILES string of the molecule is C[C@H](N)c1cncn1Cc1cccc(Cl)c1. The van der Waals surface area contributed by atoms with E-state index in [1.807, 2.05) is 35.8 Å². The molecule has 2 rings (SSSR count). The molecule has 1 atom stereocenters. The minimum Gasteiger partial charge on any atom is -0.329 e. The Morgan fingerprint density at radius 2 is 2.31 bits per heavy atom. The molecule has 0 saturated carbocycles. The zero-order valence-corrected chi connectivity index (χ0v) is 9.85. The van der Waals surface area contributed by atoms with E-state index in [2.05, 4.69) is 4.98 Å². The Kier molecular flexibility index (Phi) is 3.27. The first-order valence-corrected chi connectivity index (χ1v) is 5.54. The number of nitrogens with two attached hydrogens (primary N) is 1. The molecule has 0 amide bonds. The minimum absolute atomic E-state index is 0.0123. The first kappa shape index (κ1) is 11.2. The van der Waals surface area contributed by atoms with E-state index in [4.69, 9.17) is 17.3 Å². The van der Waals surface area contributed by atoms with Gasteiger partial charge in [0.05, 0.1) is 12.0 Å². The monoisotopic (exact) mass is 235 g/mol. The van der Waals surface area contributed by atoms with Gasteiger partial charge in [-0.3, -0.25) is 0 Å². The second kappa shape index (κ2) is 4.68. The first-order chi connectivity index (χ1) is 7.66. The Morgan fingerprint density at radius 3 is 3.00 bits per heavy atom. The number of hydrogen-bond acceptors (Lipinski definition) is 2. The van der Waals surface area contributed by atoms with Crippen molar-refractivity contribution in [1.82, 2.24) is 9.55 Å². The van der Waals surface area contributed by atoms with Crippen LogP contribution in [0.2, 0.25) is 5.02 Å². The fourth-order valence-corrected chi connectivity index (χ4v) is 1.89. The van der Waals surface area contributed by atoms with E-state index in [-0.39, 0.29) is 6.04 Å². The largest absolute Gasteiger partial charge is 0.329 e. The molecule has 0 aliphatic heterocycles. The van der Waals surface area contributed by atoms with Crippen molar-refractivity contribution in [3.63, 3.8) is 0 Å². The average molecular weight is 236 g/mol. The van der Waals surface area contributed by atoms with Gasteiger partial charge in [-0.25, -0.2) is 4.98 Å². The molecule has 0 aliphatic carbocycles. The van der Waals surface area contributed by atoms with Crippen LogP contribution in [0.15, 0.2) is 36.8 Å². The van der Waals surface area contributed by atoms with Gasteiger partial charge < -0.3 is 10.3 Å². The molecule has 2 aromatic rings. The van der Waals surface area contributed by atoms with Crippen molar-refractivity contribution in [2.75, 3.05) is 0 Å². The normalized spacial score (nSPS) is 12.7. The van der Waals surface area contributed by atoms with Crippen LogP contribution in [0.4, 0.5) is 0 Å². The summed E-state index contributed by atoms with van der Waals surface area (Å²) in [4.78, 5) is 4.11. The predicted molar refractivity (Wildman–Crippen MR) is 65.4 cm³/mol. The Balaban J connectivity index is 2.24. The molecule has 2 N–H and O–H groups in total. The highest BCUT2D eigenvalue weighted by Crippen LogP contribution is 2.14.